The van der Waals surface area contributed by atoms with Crippen molar-refractivity contribution in [3.63, 3.8) is 0 Å². The molecule has 20 heavy (non-hydrogen) atoms. The molecule has 1 aliphatic rings. The van der Waals surface area contributed by atoms with E-state index in [0.717, 1.165) is 5.56 Å². The molecule has 0 aliphatic carbocycles. The number of carbonyl (C=O) groups is 2. The summed E-state index contributed by atoms with van der Waals surface area (Å²) >= 11 is 0. The van der Waals surface area contributed by atoms with E-state index in [1.807, 2.05) is 13.8 Å². The van der Waals surface area contributed by atoms with E-state index in [4.69, 9.17) is 5.11 Å². The number of carboxylic acids is 1. The fourth-order valence-electron chi connectivity index (χ4n) is 2.48. The number of carboxylic acid groups (broad SMARTS) is 1. The first kappa shape index (κ1) is 14.3. The van der Waals surface area contributed by atoms with Crippen molar-refractivity contribution in [2.24, 2.45) is 11.8 Å². The van der Waals surface area contributed by atoms with Gasteiger partial charge in [-0.3, -0.25) is 14.4 Å². The highest BCUT2D eigenvalue weighted by atomic mass is 16.4. The fraction of sp³-hybridized carbons (Fsp3) is 0.500. The molecule has 1 N–H and O–H groups in total. The maximum absolute atomic E-state index is 12.1. The highest BCUT2D eigenvalue weighted by Gasteiger charge is 2.36. The van der Waals surface area contributed by atoms with Crippen molar-refractivity contribution in [3.05, 3.63) is 34.2 Å². The molecule has 0 saturated carbocycles. The second kappa shape index (κ2) is 5.48. The molecule has 1 aliphatic heterocycles. The summed E-state index contributed by atoms with van der Waals surface area (Å²) in [5.41, 5.74) is 0.625. The summed E-state index contributed by atoms with van der Waals surface area (Å²) in [6, 6.07) is 3.24. The molecule has 0 aromatic carbocycles. The molecule has 1 saturated heterocycles. The Morgan fingerprint density at radius 2 is 2.10 bits per heavy atom. The van der Waals surface area contributed by atoms with Gasteiger partial charge in [-0.2, -0.15) is 0 Å². The summed E-state index contributed by atoms with van der Waals surface area (Å²) in [5.74, 6) is -1.67. The predicted molar refractivity (Wildman–Crippen MR) is 72.3 cm³/mol. The number of rotatable bonds is 3. The van der Waals surface area contributed by atoms with Crippen LogP contribution in [0.4, 0.5) is 0 Å². The SMILES string of the molecule is Cc1ccn(CC(=O)N2C[C@@H](C)[C@H](C(=O)O)C2)c(=O)c1. The van der Waals surface area contributed by atoms with E-state index in [9.17, 15) is 14.4 Å². The van der Waals surface area contributed by atoms with Crippen molar-refractivity contribution < 1.29 is 14.7 Å². The monoisotopic (exact) mass is 278 g/mol. The molecule has 2 heterocycles. The van der Waals surface area contributed by atoms with Gasteiger partial charge < -0.3 is 14.6 Å². The van der Waals surface area contributed by atoms with Gasteiger partial charge in [0.15, 0.2) is 0 Å². The first-order valence-electron chi connectivity index (χ1n) is 6.56. The maximum atomic E-state index is 12.1. The van der Waals surface area contributed by atoms with Crippen LogP contribution in [0.3, 0.4) is 0 Å². The zero-order valence-corrected chi connectivity index (χ0v) is 11.6. The first-order valence-corrected chi connectivity index (χ1v) is 6.56. The van der Waals surface area contributed by atoms with Crippen LogP contribution in [-0.4, -0.2) is 39.5 Å². The Morgan fingerprint density at radius 1 is 1.40 bits per heavy atom. The number of hydrogen-bond donors (Lipinski definition) is 1. The molecule has 0 unspecified atom stereocenters. The number of aryl methyl sites for hydroxylation is 1. The number of amides is 1. The molecule has 6 heteroatoms. The molecule has 1 amide bonds. The minimum Gasteiger partial charge on any atom is -0.481 e. The number of carbonyl (C=O) groups excluding carboxylic acids is 1. The Bertz CT molecular complexity index is 593. The smallest absolute Gasteiger partial charge is 0.308 e. The fourth-order valence-corrected chi connectivity index (χ4v) is 2.48. The lowest BCUT2D eigenvalue weighted by molar-refractivity contribution is -0.142. The van der Waals surface area contributed by atoms with Gasteiger partial charge in [-0.15, -0.1) is 0 Å². The largest absolute Gasteiger partial charge is 0.481 e. The van der Waals surface area contributed by atoms with Gasteiger partial charge in [0.1, 0.15) is 6.54 Å². The van der Waals surface area contributed by atoms with Crippen molar-refractivity contribution in [2.45, 2.75) is 20.4 Å². The van der Waals surface area contributed by atoms with E-state index in [1.54, 1.807) is 12.3 Å². The number of aliphatic carboxylic acids is 1. The summed E-state index contributed by atoms with van der Waals surface area (Å²) in [5, 5.41) is 9.05. The maximum Gasteiger partial charge on any atom is 0.308 e. The molecule has 0 bridgehead atoms. The Morgan fingerprint density at radius 3 is 2.65 bits per heavy atom. The van der Waals surface area contributed by atoms with Crippen LogP contribution in [0.5, 0.6) is 0 Å². The summed E-state index contributed by atoms with van der Waals surface area (Å²) in [7, 11) is 0. The third-order valence-corrected chi connectivity index (χ3v) is 3.74. The topological polar surface area (TPSA) is 79.6 Å². The molecule has 6 nitrogen and oxygen atoms in total. The predicted octanol–water partition coefficient (Wildman–Crippen LogP) is 0.336. The lowest BCUT2D eigenvalue weighted by atomic mass is 9.99. The molecule has 0 spiro atoms. The molecule has 1 fully saturated rings. The molecule has 2 rings (SSSR count). The first-order chi connectivity index (χ1) is 9.38. The van der Waals surface area contributed by atoms with E-state index < -0.39 is 11.9 Å². The van der Waals surface area contributed by atoms with Crippen molar-refractivity contribution in [1.29, 1.82) is 0 Å². The summed E-state index contributed by atoms with van der Waals surface area (Å²) < 4.78 is 1.34. The second-order valence-corrected chi connectivity index (χ2v) is 5.39. The van der Waals surface area contributed by atoms with Crippen molar-refractivity contribution in [3.8, 4) is 0 Å². The molecule has 1 aromatic heterocycles. The standard InChI is InChI=1S/C14H18N2O4/c1-9-3-4-15(12(17)5-9)8-13(18)16-6-10(2)11(7-16)14(19)20/h3-5,10-11H,6-8H2,1-2H3,(H,19,20)/t10-,11-/m1/s1. The van der Waals surface area contributed by atoms with Crippen LogP contribution in [0, 0.1) is 18.8 Å². The van der Waals surface area contributed by atoms with Gasteiger partial charge in [-0.1, -0.05) is 6.92 Å². The van der Waals surface area contributed by atoms with Gasteiger partial charge in [0.05, 0.1) is 5.92 Å². The lowest BCUT2D eigenvalue weighted by Crippen LogP contribution is -2.35. The number of hydrogen-bond acceptors (Lipinski definition) is 3. The minimum atomic E-state index is -0.875. The normalized spacial score (nSPS) is 22.0. The van der Waals surface area contributed by atoms with E-state index in [1.165, 1.54) is 15.5 Å². The lowest BCUT2D eigenvalue weighted by Gasteiger charge is -2.16. The van der Waals surface area contributed by atoms with Gasteiger partial charge in [0.2, 0.25) is 5.91 Å². The molecule has 108 valence electrons. The molecular weight excluding hydrogens is 260 g/mol. The second-order valence-electron chi connectivity index (χ2n) is 5.39. The van der Waals surface area contributed by atoms with Crippen molar-refractivity contribution in [2.75, 3.05) is 13.1 Å². The Balaban J connectivity index is 2.06. The Hall–Kier alpha value is -2.11. The van der Waals surface area contributed by atoms with Gasteiger partial charge >= 0.3 is 5.97 Å². The summed E-state index contributed by atoms with van der Waals surface area (Å²) in [4.78, 5) is 36.4. The van der Waals surface area contributed by atoms with E-state index in [2.05, 4.69) is 0 Å². The Labute approximate surface area is 116 Å². The number of nitrogens with zero attached hydrogens (tertiary/aromatic N) is 2. The van der Waals surface area contributed by atoms with E-state index >= 15 is 0 Å². The molecule has 0 radical (unpaired) electrons. The summed E-state index contributed by atoms with van der Waals surface area (Å²) in [6.07, 6.45) is 1.59. The summed E-state index contributed by atoms with van der Waals surface area (Å²) in [6.45, 7) is 4.24. The average Bonchev–Trinajstić information content (AvgIpc) is 2.75. The Kier molecular flexibility index (Phi) is 3.92. The number of aromatic nitrogens is 1. The number of pyridine rings is 1. The van der Waals surface area contributed by atoms with Crippen LogP contribution >= 0.6 is 0 Å². The zero-order chi connectivity index (χ0) is 14.9. The van der Waals surface area contributed by atoms with Gasteiger partial charge in [0, 0.05) is 25.4 Å². The molecular formula is C14H18N2O4. The molecule has 1 aromatic rings. The van der Waals surface area contributed by atoms with Crippen LogP contribution in [0.15, 0.2) is 23.1 Å². The van der Waals surface area contributed by atoms with Gasteiger partial charge in [-0.25, -0.2) is 0 Å². The van der Waals surface area contributed by atoms with Gasteiger partial charge in [0.25, 0.3) is 5.56 Å². The van der Waals surface area contributed by atoms with Crippen LogP contribution in [0.25, 0.3) is 0 Å². The third-order valence-electron chi connectivity index (χ3n) is 3.74. The highest BCUT2D eigenvalue weighted by Crippen LogP contribution is 2.23. The van der Waals surface area contributed by atoms with Crippen LogP contribution in [0.2, 0.25) is 0 Å². The van der Waals surface area contributed by atoms with E-state index in [-0.39, 0.29) is 30.5 Å². The zero-order valence-electron chi connectivity index (χ0n) is 11.6. The van der Waals surface area contributed by atoms with Crippen LogP contribution < -0.4 is 5.56 Å². The third kappa shape index (κ3) is 2.89. The number of likely N-dealkylation sites (tertiary alicyclic amines) is 1. The average molecular weight is 278 g/mol. The minimum absolute atomic E-state index is 0.0435. The molecule has 2 atom stereocenters. The van der Waals surface area contributed by atoms with Crippen molar-refractivity contribution >= 4 is 11.9 Å². The van der Waals surface area contributed by atoms with Gasteiger partial charge in [-0.05, 0) is 24.5 Å². The van der Waals surface area contributed by atoms with Crippen LogP contribution in [0.1, 0.15) is 12.5 Å². The van der Waals surface area contributed by atoms with Crippen molar-refractivity contribution in [1.82, 2.24) is 9.47 Å². The highest BCUT2D eigenvalue weighted by molar-refractivity contribution is 5.78. The van der Waals surface area contributed by atoms with E-state index in [0.29, 0.717) is 6.54 Å². The van der Waals surface area contributed by atoms with Crippen LogP contribution in [-0.2, 0) is 16.1 Å². The quantitative estimate of drug-likeness (QED) is 0.864.